The van der Waals surface area contributed by atoms with Gasteiger partial charge >= 0.3 is 0 Å². The van der Waals surface area contributed by atoms with Gasteiger partial charge in [-0.1, -0.05) is 6.07 Å². The molecule has 0 aliphatic rings. The van der Waals surface area contributed by atoms with Gasteiger partial charge in [0.15, 0.2) is 0 Å². The van der Waals surface area contributed by atoms with Gasteiger partial charge in [0.05, 0.1) is 23.0 Å². The van der Waals surface area contributed by atoms with E-state index in [0.29, 0.717) is 18.5 Å². The average molecular weight is 390 g/mol. The molecule has 0 saturated carbocycles. The number of aromatic nitrogens is 6. The van der Waals surface area contributed by atoms with Gasteiger partial charge in [-0.25, -0.2) is 4.98 Å². The Morgan fingerprint density at radius 1 is 1.14 bits per heavy atom. The molecule has 0 unspecified atom stereocenters. The van der Waals surface area contributed by atoms with Crippen molar-refractivity contribution >= 4 is 22.5 Å². The molecule has 0 bridgehead atoms. The van der Waals surface area contributed by atoms with Crippen LogP contribution in [0.25, 0.3) is 22.0 Å². The molecule has 0 aliphatic heterocycles. The zero-order valence-electron chi connectivity index (χ0n) is 16.2. The molecule has 0 atom stereocenters. The van der Waals surface area contributed by atoms with Crippen molar-refractivity contribution in [2.45, 2.75) is 26.3 Å². The molecule has 0 spiro atoms. The van der Waals surface area contributed by atoms with Gasteiger partial charge < -0.3 is 10.6 Å². The minimum absolute atomic E-state index is 0.152. The number of nitrogens with zero attached hydrogens (tertiary/aromatic N) is 4. The number of amides is 1. The third-order valence-electron chi connectivity index (χ3n) is 4.49. The van der Waals surface area contributed by atoms with Crippen molar-refractivity contribution in [3.8, 4) is 11.1 Å². The van der Waals surface area contributed by atoms with E-state index >= 15 is 0 Å². The van der Waals surface area contributed by atoms with Crippen molar-refractivity contribution in [3.05, 3.63) is 54.5 Å². The maximum absolute atomic E-state index is 12.9. The van der Waals surface area contributed by atoms with E-state index in [2.05, 4.69) is 41.0 Å². The van der Waals surface area contributed by atoms with E-state index in [1.807, 2.05) is 38.2 Å². The first-order valence-electron chi connectivity index (χ1n) is 9.42. The standard InChI is InChI=1S/C20H22N8O/c1-12(2)27-19-15-7-13(14-8-24-25-9-14)3-4-17(15)22-10-16(19)20(29)21-6-5-18-23-11-26-28-18/h3-4,7-12H,5-6H2,1-2H3,(H,21,29)(H,22,27)(H,24,25)(H,23,26,28). The molecule has 9 heteroatoms. The van der Waals surface area contributed by atoms with Crippen LogP contribution in [0.3, 0.4) is 0 Å². The lowest BCUT2D eigenvalue weighted by molar-refractivity contribution is 0.0954. The Morgan fingerprint density at radius 2 is 2.03 bits per heavy atom. The Kier molecular flexibility index (Phi) is 5.19. The van der Waals surface area contributed by atoms with Gasteiger partial charge in [-0.3, -0.25) is 20.0 Å². The van der Waals surface area contributed by atoms with Gasteiger partial charge in [-0.15, -0.1) is 0 Å². The lowest BCUT2D eigenvalue weighted by atomic mass is 10.0. The molecule has 148 valence electrons. The summed E-state index contributed by atoms with van der Waals surface area (Å²) in [4.78, 5) is 21.4. The van der Waals surface area contributed by atoms with E-state index in [1.165, 1.54) is 6.33 Å². The van der Waals surface area contributed by atoms with E-state index in [-0.39, 0.29) is 11.9 Å². The average Bonchev–Trinajstić information content (AvgIpc) is 3.41. The molecule has 4 rings (SSSR count). The summed E-state index contributed by atoms with van der Waals surface area (Å²) < 4.78 is 0. The summed E-state index contributed by atoms with van der Waals surface area (Å²) in [5.41, 5.74) is 4.08. The van der Waals surface area contributed by atoms with Gasteiger partial charge in [0.1, 0.15) is 12.2 Å². The first-order valence-corrected chi connectivity index (χ1v) is 9.42. The summed E-state index contributed by atoms with van der Waals surface area (Å²) in [5.74, 6) is 0.544. The molecule has 1 amide bonds. The number of carbonyl (C=O) groups excluding carboxylic acids is 1. The largest absolute Gasteiger partial charge is 0.382 e. The number of hydrogen-bond donors (Lipinski definition) is 4. The summed E-state index contributed by atoms with van der Waals surface area (Å²) in [6, 6.07) is 6.13. The molecular formula is C20H22N8O. The predicted molar refractivity (Wildman–Crippen MR) is 111 cm³/mol. The highest BCUT2D eigenvalue weighted by atomic mass is 16.1. The maximum Gasteiger partial charge on any atom is 0.254 e. The Bertz CT molecular complexity index is 1100. The smallest absolute Gasteiger partial charge is 0.254 e. The Morgan fingerprint density at radius 3 is 2.76 bits per heavy atom. The van der Waals surface area contributed by atoms with Crippen molar-refractivity contribution in [2.75, 3.05) is 11.9 Å². The highest BCUT2D eigenvalue weighted by Crippen LogP contribution is 2.30. The topological polar surface area (TPSA) is 124 Å². The normalized spacial score (nSPS) is 11.1. The second-order valence-corrected chi connectivity index (χ2v) is 7.00. The van der Waals surface area contributed by atoms with Crippen LogP contribution in [0.4, 0.5) is 5.69 Å². The second kappa shape index (κ2) is 8.09. The fourth-order valence-electron chi connectivity index (χ4n) is 3.14. The van der Waals surface area contributed by atoms with E-state index < -0.39 is 0 Å². The number of anilines is 1. The fraction of sp³-hybridized carbons (Fsp3) is 0.250. The molecule has 4 N–H and O–H groups in total. The number of nitrogens with one attached hydrogen (secondary N) is 4. The van der Waals surface area contributed by atoms with Crippen LogP contribution in [0.15, 0.2) is 43.1 Å². The first kappa shape index (κ1) is 18.6. The van der Waals surface area contributed by atoms with E-state index in [1.54, 1.807) is 12.4 Å². The Labute approximate surface area is 167 Å². The molecule has 29 heavy (non-hydrogen) atoms. The van der Waals surface area contributed by atoms with Gasteiger partial charge in [-0.2, -0.15) is 10.2 Å². The van der Waals surface area contributed by atoms with Gasteiger partial charge in [-0.05, 0) is 31.5 Å². The van der Waals surface area contributed by atoms with Crippen LogP contribution < -0.4 is 10.6 Å². The van der Waals surface area contributed by atoms with Crippen LogP contribution in [0.5, 0.6) is 0 Å². The summed E-state index contributed by atoms with van der Waals surface area (Å²) in [7, 11) is 0. The molecule has 3 heterocycles. The number of pyridine rings is 1. The minimum Gasteiger partial charge on any atom is -0.382 e. The quantitative estimate of drug-likeness (QED) is 0.384. The highest BCUT2D eigenvalue weighted by molar-refractivity contribution is 6.07. The number of carbonyl (C=O) groups is 1. The molecule has 0 radical (unpaired) electrons. The van der Waals surface area contributed by atoms with Crippen molar-refractivity contribution < 1.29 is 4.79 Å². The maximum atomic E-state index is 12.9. The monoisotopic (exact) mass is 390 g/mol. The summed E-state index contributed by atoms with van der Waals surface area (Å²) in [5, 5.41) is 20.7. The molecule has 1 aromatic carbocycles. The van der Waals surface area contributed by atoms with Crippen molar-refractivity contribution in [3.63, 3.8) is 0 Å². The number of benzene rings is 1. The van der Waals surface area contributed by atoms with Crippen LogP contribution in [0.2, 0.25) is 0 Å². The molecule has 4 aromatic rings. The number of H-pyrrole nitrogens is 2. The minimum atomic E-state index is -0.184. The summed E-state index contributed by atoms with van der Waals surface area (Å²) >= 11 is 0. The van der Waals surface area contributed by atoms with Crippen LogP contribution in [0, 0.1) is 0 Å². The van der Waals surface area contributed by atoms with Crippen LogP contribution in [-0.2, 0) is 6.42 Å². The van der Waals surface area contributed by atoms with E-state index in [0.717, 1.165) is 33.5 Å². The molecule has 0 saturated heterocycles. The highest BCUT2D eigenvalue weighted by Gasteiger charge is 2.17. The van der Waals surface area contributed by atoms with Crippen molar-refractivity contribution in [2.24, 2.45) is 0 Å². The van der Waals surface area contributed by atoms with Crippen molar-refractivity contribution in [1.29, 1.82) is 0 Å². The molecule has 9 nitrogen and oxygen atoms in total. The predicted octanol–water partition coefficient (Wildman–Crippen LogP) is 2.54. The summed E-state index contributed by atoms with van der Waals surface area (Å²) in [6.07, 6.45) is 7.25. The third-order valence-corrected chi connectivity index (χ3v) is 4.49. The number of aromatic amines is 2. The summed E-state index contributed by atoms with van der Waals surface area (Å²) in [6.45, 7) is 4.53. The van der Waals surface area contributed by atoms with Gasteiger partial charge in [0.25, 0.3) is 5.91 Å². The Hall–Kier alpha value is -3.75. The lowest BCUT2D eigenvalue weighted by Gasteiger charge is -2.17. The van der Waals surface area contributed by atoms with E-state index in [4.69, 9.17) is 0 Å². The van der Waals surface area contributed by atoms with Crippen LogP contribution >= 0.6 is 0 Å². The zero-order chi connectivity index (χ0) is 20.2. The lowest BCUT2D eigenvalue weighted by Crippen LogP contribution is -2.27. The number of hydrogen-bond acceptors (Lipinski definition) is 6. The van der Waals surface area contributed by atoms with Gasteiger partial charge in [0.2, 0.25) is 0 Å². The zero-order valence-corrected chi connectivity index (χ0v) is 16.2. The molecule has 3 aromatic heterocycles. The molecular weight excluding hydrogens is 368 g/mol. The SMILES string of the molecule is CC(C)Nc1c(C(=O)NCCc2ncn[nH]2)cnc2ccc(-c3cn[nH]c3)cc12. The molecule has 0 aliphatic carbocycles. The number of fused-ring (bicyclic) bond motifs is 1. The second-order valence-electron chi connectivity index (χ2n) is 7.00. The first-order chi connectivity index (χ1) is 14.1. The third kappa shape index (κ3) is 4.08. The van der Waals surface area contributed by atoms with Crippen LogP contribution in [-0.4, -0.2) is 48.9 Å². The van der Waals surface area contributed by atoms with Crippen molar-refractivity contribution in [1.82, 2.24) is 35.7 Å². The molecule has 0 fully saturated rings. The van der Waals surface area contributed by atoms with E-state index in [9.17, 15) is 4.79 Å². The van der Waals surface area contributed by atoms with Gasteiger partial charge in [0, 0.05) is 42.4 Å². The number of rotatable bonds is 7. The Balaban J connectivity index is 1.67. The fourth-order valence-corrected chi connectivity index (χ4v) is 3.14. The van der Waals surface area contributed by atoms with Crippen LogP contribution in [0.1, 0.15) is 30.0 Å².